The van der Waals surface area contributed by atoms with Crippen LogP contribution in [0.4, 0.5) is 4.79 Å². The van der Waals surface area contributed by atoms with E-state index < -0.39 is 0 Å². The van der Waals surface area contributed by atoms with Crippen molar-refractivity contribution in [1.29, 1.82) is 0 Å². The van der Waals surface area contributed by atoms with E-state index in [0.717, 1.165) is 35.0 Å². The third-order valence-electron chi connectivity index (χ3n) is 5.98. The summed E-state index contributed by atoms with van der Waals surface area (Å²) in [4.78, 5) is 24.0. The Kier molecular flexibility index (Phi) is 6.15. The summed E-state index contributed by atoms with van der Waals surface area (Å²) >= 11 is 0. The Morgan fingerprint density at radius 1 is 0.848 bits per heavy atom. The number of fused-ring (bicyclic) bond motifs is 1. The van der Waals surface area contributed by atoms with Crippen molar-refractivity contribution in [2.75, 3.05) is 13.1 Å². The third kappa shape index (κ3) is 4.95. The number of nitrogens with one attached hydrogen (secondary N) is 1. The second-order valence-corrected chi connectivity index (χ2v) is 8.21. The van der Waals surface area contributed by atoms with Crippen LogP contribution in [0.5, 0.6) is 5.88 Å². The summed E-state index contributed by atoms with van der Waals surface area (Å²) in [5.74, 6) is 0.532. The standard InChI is InChI=1S/C27H26N4O2/c32-27(30-26(20-9-3-1-4-10-20)21-11-5-2-6-12-21)31-17-15-22(16-18-31)33-25-19-28-23-13-7-8-14-24(23)29-25/h1-14,19,22,26H,15-18H2,(H,30,32). The van der Waals surface area contributed by atoms with Crippen LogP contribution in [0.1, 0.15) is 30.0 Å². The molecule has 6 nitrogen and oxygen atoms in total. The minimum atomic E-state index is -0.193. The number of piperidine rings is 1. The van der Waals surface area contributed by atoms with Crippen molar-refractivity contribution in [3.63, 3.8) is 0 Å². The minimum Gasteiger partial charge on any atom is -0.473 e. The van der Waals surface area contributed by atoms with Gasteiger partial charge in [0, 0.05) is 25.9 Å². The molecule has 1 fully saturated rings. The third-order valence-corrected chi connectivity index (χ3v) is 5.98. The van der Waals surface area contributed by atoms with Crippen molar-refractivity contribution >= 4 is 17.1 Å². The van der Waals surface area contributed by atoms with Gasteiger partial charge < -0.3 is 15.0 Å². The molecule has 1 aliphatic rings. The second kappa shape index (κ2) is 9.69. The van der Waals surface area contributed by atoms with Gasteiger partial charge in [0.1, 0.15) is 6.10 Å². The number of para-hydroxylation sites is 2. The van der Waals surface area contributed by atoms with Crippen molar-refractivity contribution in [1.82, 2.24) is 20.2 Å². The number of carbonyl (C=O) groups is 1. The first-order chi connectivity index (χ1) is 16.3. The number of amides is 2. The first-order valence-corrected chi connectivity index (χ1v) is 11.3. The van der Waals surface area contributed by atoms with Crippen molar-refractivity contribution in [2.24, 2.45) is 0 Å². The summed E-state index contributed by atoms with van der Waals surface area (Å²) in [6.07, 6.45) is 3.20. The molecule has 0 atom stereocenters. The number of likely N-dealkylation sites (tertiary alicyclic amines) is 1. The molecule has 0 unspecified atom stereocenters. The van der Waals surface area contributed by atoms with Crippen molar-refractivity contribution in [2.45, 2.75) is 25.0 Å². The monoisotopic (exact) mass is 438 g/mol. The predicted octanol–water partition coefficient (Wildman–Crippen LogP) is 4.97. The molecule has 0 bridgehead atoms. The molecule has 33 heavy (non-hydrogen) atoms. The van der Waals surface area contributed by atoms with E-state index in [9.17, 15) is 4.79 Å². The Bertz CT molecular complexity index is 1170. The predicted molar refractivity (Wildman–Crippen MR) is 128 cm³/mol. The van der Waals surface area contributed by atoms with Crippen LogP contribution in [0.2, 0.25) is 0 Å². The van der Waals surface area contributed by atoms with Crippen LogP contribution in [-0.2, 0) is 0 Å². The van der Waals surface area contributed by atoms with Gasteiger partial charge in [-0.25, -0.2) is 14.8 Å². The van der Waals surface area contributed by atoms with E-state index >= 15 is 0 Å². The Balaban J connectivity index is 1.21. The smallest absolute Gasteiger partial charge is 0.318 e. The molecule has 0 saturated carbocycles. The lowest BCUT2D eigenvalue weighted by Crippen LogP contribution is -2.47. The van der Waals surface area contributed by atoms with Crippen LogP contribution in [0, 0.1) is 0 Å². The van der Waals surface area contributed by atoms with E-state index in [1.807, 2.05) is 89.8 Å². The van der Waals surface area contributed by atoms with Gasteiger partial charge in [-0.05, 0) is 23.3 Å². The van der Waals surface area contributed by atoms with Crippen LogP contribution in [-0.4, -0.2) is 40.1 Å². The average Bonchev–Trinajstić information content (AvgIpc) is 2.88. The highest BCUT2D eigenvalue weighted by atomic mass is 16.5. The molecule has 166 valence electrons. The minimum absolute atomic E-state index is 0.0172. The van der Waals surface area contributed by atoms with Gasteiger partial charge in [0.25, 0.3) is 0 Å². The molecular formula is C27H26N4O2. The lowest BCUT2D eigenvalue weighted by Gasteiger charge is -2.33. The second-order valence-electron chi connectivity index (χ2n) is 8.21. The van der Waals surface area contributed by atoms with E-state index in [1.54, 1.807) is 6.20 Å². The molecule has 1 aliphatic heterocycles. The molecule has 5 rings (SSSR count). The quantitative estimate of drug-likeness (QED) is 0.478. The van der Waals surface area contributed by atoms with Crippen LogP contribution < -0.4 is 10.1 Å². The fourth-order valence-corrected chi connectivity index (χ4v) is 4.21. The number of benzene rings is 3. The first kappa shape index (κ1) is 20.9. The van der Waals surface area contributed by atoms with E-state index in [-0.39, 0.29) is 18.2 Å². The van der Waals surface area contributed by atoms with Gasteiger partial charge in [0.15, 0.2) is 0 Å². The number of urea groups is 1. The van der Waals surface area contributed by atoms with Crippen molar-refractivity contribution < 1.29 is 9.53 Å². The van der Waals surface area contributed by atoms with Gasteiger partial charge in [-0.2, -0.15) is 0 Å². The Morgan fingerprint density at radius 3 is 2.06 bits per heavy atom. The molecule has 1 aromatic heterocycles. The largest absolute Gasteiger partial charge is 0.473 e. The lowest BCUT2D eigenvalue weighted by atomic mass is 9.99. The number of hydrogen-bond donors (Lipinski definition) is 1. The molecule has 3 aromatic carbocycles. The summed E-state index contributed by atoms with van der Waals surface area (Å²) in [5, 5.41) is 3.23. The molecule has 0 aliphatic carbocycles. The number of aromatic nitrogens is 2. The maximum absolute atomic E-state index is 13.1. The highest BCUT2D eigenvalue weighted by molar-refractivity contribution is 5.75. The Hall–Kier alpha value is -3.93. The molecule has 2 heterocycles. The number of nitrogens with zero attached hydrogens (tertiary/aromatic N) is 3. The summed E-state index contributed by atoms with van der Waals surface area (Å²) in [5.41, 5.74) is 3.79. The van der Waals surface area contributed by atoms with Crippen LogP contribution >= 0.6 is 0 Å². The first-order valence-electron chi connectivity index (χ1n) is 11.3. The zero-order chi connectivity index (χ0) is 22.5. The van der Waals surface area contributed by atoms with Gasteiger partial charge in [0.05, 0.1) is 23.3 Å². The number of hydrogen-bond acceptors (Lipinski definition) is 4. The summed E-state index contributed by atoms with van der Waals surface area (Å²) in [6.45, 7) is 1.27. The van der Waals surface area contributed by atoms with E-state index in [4.69, 9.17) is 4.74 Å². The number of ether oxygens (including phenoxy) is 1. The summed E-state index contributed by atoms with van der Waals surface area (Å²) in [7, 11) is 0. The molecule has 4 aromatic rings. The SMILES string of the molecule is O=C(NC(c1ccccc1)c1ccccc1)N1CCC(Oc2cnc3ccccc3n2)CC1. The molecule has 0 radical (unpaired) electrons. The maximum atomic E-state index is 13.1. The molecular weight excluding hydrogens is 412 g/mol. The van der Waals surface area contributed by atoms with Gasteiger partial charge in [0.2, 0.25) is 5.88 Å². The molecule has 2 amide bonds. The van der Waals surface area contributed by atoms with E-state index in [2.05, 4.69) is 15.3 Å². The Labute approximate surface area is 193 Å². The van der Waals surface area contributed by atoms with E-state index in [1.165, 1.54) is 0 Å². The molecule has 0 spiro atoms. The normalized spacial score (nSPS) is 14.4. The highest BCUT2D eigenvalue weighted by Gasteiger charge is 2.26. The van der Waals surface area contributed by atoms with Crippen LogP contribution in [0.15, 0.2) is 91.1 Å². The average molecular weight is 439 g/mol. The maximum Gasteiger partial charge on any atom is 0.318 e. The van der Waals surface area contributed by atoms with Crippen LogP contribution in [0.3, 0.4) is 0 Å². The van der Waals surface area contributed by atoms with E-state index in [0.29, 0.717) is 19.0 Å². The van der Waals surface area contributed by atoms with Crippen LogP contribution in [0.25, 0.3) is 11.0 Å². The van der Waals surface area contributed by atoms with Gasteiger partial charge in [-0.3, -0.25) is 0 Å². The summed E-state index contributed by atoms with van der Waals surface area (Å²) < 4.78 is 6.08. The molecule has 1 saturated heterocycles. The van der Waals surface area contributed by atoms with Gasteiger partial charge >= 0.3 is 6.03 Å². The fourth-order valence-electron chi connectivity index (χ4n) is 4.21. The zero-order valence-electron chi connectivity index (χ0n) is 18.3. The zero-order valence-corrected chi connectivity index (χ0v) is 18.3. The van der Waals surface area contributed by atoms with Crippen molar-refractivity contribution in [3.05, 3.63) is 102 Å². The number of carbonyl (C=O) groups excluding carboxylic acids is 1. The molecule has 6 heteroatoms. The lowest BCUT2D eigenvalue weighted by molar-refractivity contribution is 0.107. The highest BCUT2D eigenvalue weighted by Crippen LogP contribution is 2.23. The number of rotatable bonds is 5. The summed E-state index contributed by atoms with van der Waals surface area (Å²) in [6, 6.07) is 27.6. The Morgan fingerprint density at radius 2 is 1.42 bits per heavy atom. The van der Waals surface area contributed by atoms with Gasteiger partial charge in [-0.15, -0.1) is 0 Å². The van der Waals surface area contributed by atoms with Gasteiger partial charge in [-0.1, -0.05) is 72.8 Å². The fraction of sp³-hybridized carbons (Fsp3) is 0.222. The topological polar surface area (TPSA) is 67.4 Å². The molecule has 1 N–H and O–H groups in total. The van der Waals surface area contributed by atoms with Crippen molar-refractivity contribution in [3.8, 4) is 5.88 Å².